The summed E-state index contributed by atoms with van der Waals surface area (Å²) in [6, 6.07) is -1.63. The molecule has 0 aromatic heterocycles. The van der Waals surface area contributed by atoms with E-state index in [9.17, 15) is 19.8 Å². The Balaban J connectivity index is 2.94. The second kappa shape index (κ2) is 6.95. The molecular formula is C11H20N2O7. The summed E-state index contributed by atoms with van der Waals surface area (Å²) in [6.45, 7) is 0.503. The van der Waals surface area contributed by atoms with E-state index in [0.29, 0.717) is 0 Å². The Kier molecular flexibility index (Phi) is 5.84. The molecule has 9 nitrogen and oxygen atoms in total. The van der Waals surface area contributed by atoms with Crippen LogP contribution >= 0.6 is 0 Å². The van der Waals surface area contributed by atoms with Crippen molar-refractivity contribution >= 4 is 11.9 Å². The number of nitrogens with two attached hydrogens (primary N) is 1. The van der Waals surface area contributed by atoms with E-state index in [1.165, 1.54) is 6.92 Å². The van der Waals surface area contributed by atoms with Gasteiger partial charge in [0.25, 0.3) is 0 Å². The molecule has 0 aliphatic carbocycles. The van der Waals surface area contributed by atoms with Gasteiger partial charge in [-0.25, -0.2) is 4.79 Å². The first-order chi connectivity index (χ1) is 9.27. The van der Waals surface area contributed by atoms with Gasteiger partial charge in [-0.1, -0.05) is 0 Å². The van der Waals surface area contributed by atoms with E-state index in [-0.39, 0.29) is 6.42 Å². The first-order valence-corrected chi connectivity index (χ1v) is 6.15. The van der Waals surface area contributed by atoms with Gasteiger partial charge >= 0.3 is 5.97 Å². The van der Waals surface area contributed by atoms with Gasteiger partial charge in [0.2, 0.25) is 5.91 Å². The lowest BCUT2D eigenvalue weighted by Crippen LogP contribution is -2.65. The molecule has 0 aromatic carbocycles. The fourth-order valence-corrected chi connectivity index (χ4v) is 2.17. The van der Waals surface area contributed by atoms with Gasteiger partial charge in [0, 0.05) is 19.4 Å². The average molecular weight is 292 g/mol. The standard InChI is InChI=1S/C11H20N2O7/c1-4(15)13-8-5(12)2-7(11(18)19)20-10(8)9(17)6(16)3-14/h5-10,14,16-17H,2-3,12H2,1H3,(H,13,15)(H,18,19)/t5-,6?,7-,8-,9-,10+/m1/s1. The summed E-state index contributed by atoms with van der Waals surface area (Å²) in [6.07, 6.45) is -5.63. The summed E-state index contributed by atoms with van der Waals surface area (Å²) >= 11 is 0. The van der Waals surface area contributed by atoms with E-state index < -0.39 is 55.0 Å². The molecule has 1 unspecified atom stereocenters. The molecular weight excluding hydrogens is 272 g/mol. The lowest BCUT2D eigenvalue weighted by atomic mass is 9.89. The molecule has 1 aliphatic heterocycles. The molecule has 1 heterocycles. The number of carbonyl (C=O) groups is 2. The number of aliphatic hydroxyl groups is 3. The van der Waals surface area contributed by atoms with Gasteiger partial charge < -0.3 is 36.2 Å². The maximum atomic E-state index is 11.1. The molecule has 9 heteroatoms. The number of amides is 1. The van der Waals surface area contributed by atoms with E-state index in [4.69, 9.17) is 20.7 Å². The van der Waals surface area contributed by atoms with Crippen LogP contribution in [0.3, 0.4) is 0 Å². The van der Waals surface area contributed by atoms with Crippen molar-refractivity contribution < 1.29 is 34.8 Å². The van der Waals surface area contributed by atoms with Crippen LogP contribution in [-0.4, -0.2) is 75.4 Å². The number of hydrogen-bond acceptors (Lipinski definition) is 7. The van der Waals surface area contributed by atoms with Crippen molar-refractivity contribution in [2.24, 2.45) is 5.73 Å². The van der Waals surface area contributed by atoms with Crippen LogP contribution in [0.4, 0.5) is 0 Å². The number of aliphatic carboxylic acids is 1. The van der Waals surface area contributed by atoms with Gasteiger partial charge in [-0.05, 0) is 0 Å². The van der Waals surface area contributed by atoms with Crippen molar-refractivity contribution in [3.63, 3.8) is 0 Å². The van der Waals surface area contributed by atoms with Gasteiger partial charge in [0.05, 0.1) is 12.6 Å². The van der Waals surface area contributed by atoms with Crippen molar-refractivity contribution in [1.82, 2.24) is 5.32 Å². The first kappa shape index (κ1) is 16.8. The second-order valence-electron chi connectivity index (χ2n) is 4.79. The topological polar surface area (TPSA) is 162 Å². The number of aliphatic hydroxyl groups excluding tert-OH is 3. The minimum absolute atomic E-state index is 0.0429. The van der Waals surface area contributed by atoms with Crippen LogP contribution in [0, 0.1) is 0 Å². The smallest absolute Gasteiger partial charge is 0.332 e. The van der Waals surface area contributed by atoms with Crippen molar-refractivity contribution in [1.29, 1.82) is 0 Å². The van der Waals surface area contributed by atoms with Gasteiger partial charge in [-0.3, -0.25) is 4.79 Å². The first-order valence-electron chi connectivity index (χ1n) is 6.15. The summed E-state index contributed by atoms with van der Waals surface area (Å²) in [4.78, 5) is 22.1. The number of hydrogen-bond donors (Lipinski definition) is 6. The molecule has 0 bridgehead atoms. The molecule has 0 saturated carbocycles. The maximum Gasteiger partial charge on any atom is 0.332 e. The zero-order chi connectivity index (χ0) is 15.4. The fraction of sp³-hybridized carbons (Fsp3) is 0.818. The molecule has 0 radical (unpaired) electrons. The molecule has 6 atom stereocenters. The molecule has 0 aromatic rings. The Bertz CT molecular complexity index is 365. The summed E-state index contributed by atoms with van der Waals surface area (Å²) in [7, 11) is 0. The Labute approximate surface area is 115 Å². The third-order valence-corrected chi connectivity index (χ3v) is 3.19. The number of carbonyl (C=O) groups excluding carboxylic acids is 1. The highest BCUT2D eigenvalue weighted by atomic mass is 16.5. The normalized spacial score (nSPS) is 33.2. The minimum atomic E-state index is -1.58. The molecule has 7 N–H and O–H groups in total. The van der Waals surface area contributed by atoms with Gasteiger partial charge in [-0.15, -0.1) is 0 Å². The monoisotopic (exact) mass is 292 g/mol. The molecule has 1 fully saturated rings. The van der Waals surface area contributed by atoms with Crippen molar-refractivity contribution in [3.8, 4) is 0 Å². The van der Waals surface area contributed by atoms with Crippen LogP contribution in [0.5, 0.6) is 0 Å². The van der Waals surface area contributed by atoms with Crippen LogP contribution in [0.2, 0.25) is 0 Å². The minimum Gasteiger partial charge on any atom is -0.479 e. The molecule has 116 valence electrons. The number of ether oxygens (including phenoxy) is 1. The SMILES string of the molecule is CC(=O)N[C@H]1[C@@H]([C@H](O)C(O)CO)O[C@@H](C(=O)O)C[C@H]1N. The summed E-state index contributed by atoms with van der Waals surface area (Å²) < 4.78 is 5.20. The Hall–Kier alpha value is -1.26. The predicted molar refractivity (Wildman–Crippen MR) is 65.6 cm³/mol. The van der Waals surface area contributed by atoms with Crippen LogP contribution in [0.15, 0.2) is 0 Å². The highest BCUT2D eigenvalue weighted by Crippen LogP contribution is 2.23. The predicted octanol–water partition coefficient (Wildman–Crippen LogP) is -3.23. The molecule has 20 heavy (non-hydrogen) atoms. The molecule has 1 aliphatic rings. The van der Waals surface area contributed by atoms with E-state index in [0.717, 1.165) is 0 Å². The van der Waals surface area contributed by atoms with Crippen molar-refractivity contribution in [2.45, 2.75) is 49.8 Å². The summed E-state index contributed by atoms with van der Waals surface area (Å²) in [5, 5.41) is 39.6. The molecule has 0 spiro atoms. The quantitative estimate of drug-likeness (QED) is 0.308. The highest BCUT2D eigenvalue weighted by Gasteiger charge is 2.45. The lowest BCUT2D eigenvalue weighted by Gasteiger charge is -2.42. The Morgan fingerprint density at radius 3 is 2.50 bits per heavy atom. The molecule has 1 rings (SSSR count). The average Bonchev–Trinajstić information content (AvgIpc) is 2.38. The van der Waals surface area contributed by atoms with E-state index in [1.807, 2.05) is 0 Å². The zero-order valence-corrected chi connectivity index (χ0v) is 11.0. The second-order valence-corrected chi connectivity index (χ2v) is 4.79. The maximum absolute atomic E-state index is 11.1. The van der Waals surface area contributed by atoms with Crippen molar-refractivity contribution in [2.75, 3.05) is 6.61 Å². The number of carboxylic acids is 1. The van der Waals surface area contributed by atoms with Gasteiger partial charge in [0.15, 0.2) is 6.10 Å². The zero-order valence-electron chi connectivity index (χ0n) is 11.0. The van der Waals surface area contributed by atoms with Gasteiger partial charge in [0.1, 0.15) is 18.3 Å². The third-order valence-electron chi connectivity index (χ3n) is 3.19. The number of nitrogens with one attached hydrogen (secondary N) is 1. The van der Waals surface area contributed by atoms with Gasteiger partial charge in [-0.2, -0.15) is 0 Å². The Morgan fingerprint density at radius 1 is 1.45 bits per heavy atom. The van der Waals surface area contributed by atoms with Crippen LogP contribution < -0.4 is 11.1 Å². The van der Waals surface area contributed by atoms with E-state index in [1.54, 1.807) is 0 Å². The largest absolute Gasteiger partial charge is 0.479 e. The molecule has 1 saturated heterocycles. The Morgan fingerprint density at radius 2 is 2.05 bits per heavy atom. The lowest BCUT2D eigenvalue weighted by molar-refractivity contribution is -0.183. The van der Waals surface area contributed by atoms with Crippen LogP contribution in [-0.2, 0) is 14.3 Å². The fourth-order valence-electron chi connectivity index (χ4n) is 2.17. The van der Waals surface area contributed by atoms with Crippen LogP contribution in [0.25, 0.3) is 0 Å². The van der Waals surface area contributed by atoms with E-state index >= 15 is 0 Å². The van der Waals surface area contributed by atoms with Crippen LogP contribution in [0.1, 0.15) is 13.3 Å². The van der Waals surface area contributed by atoms with Crippen molar-refractivity contribution in [3.05, 3.63) is 0 Å². The third kappa shape index (κ3) is 3.87. The summed E-state index contributed by atoms with van der Waals surface area (Å²) in [5.74, 6) is -1.68. The molecule has 1 amide bonds. The van der Waals surface area contributed by atoms with E-state index in [2.05, 4.69) is 5.32 Å². The highest BCUT2D eigenvalue weighted by molar-refractivity contribution is 5.74. The number of carboxylic acid groups (broad SMARTS) is 1. The summed E-state index contributed by atoms with van der Waals surface area (Å²) in [5.41, 5.74) is 5.81. The number of rotatable bonds is 5.